The summed E-state index contributed by atoms with van der Waals surface area (Å²) in [5.41, 5.74) is 2.03. The van der Waals surface area contributed by atoms with Crippen molar-refractivity contribution in [3.63, 3.8) is 0 Å². The predicted octanol–water partition coefficient (Wildman–Crippen LogP) is 4.86. The number of urea groups is 1. The fourth-order valence-electron chi connectivity index (χ4n) is 2.29. The molecule has 2 aromatic carbocycles. The van der Waals surface area contributed by atoms with Crippen LogP contribution in [0.15, 0.2) is 66.7 Å². The number of carbonyl (C=O) groups is 1. The fourth-order valence-corrected chi connectivity index (χ4v) is 2.49. The summed E-state index contributed by atoms with van der Waals surface area (Å²) in [6.07, 6.45) is 0. The third-order valence-corrected chi connectivity index (χ3v) is 3.88. The van der Waals surface area contributed by atoms with Crippen LogP contribution in [0, 0.1) is 5.82 Å². The van der Waals surface area contributed by atoms with Crippen molar-refractivity contribution in [3.8, 4) is 11.3 Å². The maximum atomic E-state index is 13.3. The van der Waals surface area contributed by atoms with Crippen molar-refractivity contribution in [2.45, 2.75) is 6.54 Å². The van der Waals surface area contributed by atoms with E-state index in [9.17, 15) is 9.18 Å². The zero-order valence-electron chi connectivity index (χ0n) is 13.2. The maximum Gasteiger partial charge on any atom is 0.320 e. The quantitative estimate of drug-likeness (QED) is 0.702. The summed E-state index contributed by atoms with van der Waals surface area (Å²) in [5, 5.41) is 5.97. The molecule has 0 spiro atoms. The first-order valence-corrected chi connectivity index (χ1v) is 8.01. The molecule has 0 saturated carbocycles. The molecule has 2 amide bonds. The number of nitrogens with one attached hydrogen (secondary N) is 2. The van der Waals surface area contributed by atoms with E-state index in [0.29, 0.717) is 28.6 Å². The number of amides is 2. The van der Waals surface area contributed by atoms with Crippen LogP contribution in [-0.4, -0.2) is 11.0 Å². The van der Waals surface area contributed by atoms with Crippen molar-refractivity contribution >= 4 is 23.4 Å². The molecule has 1 aromatic heterocycles. The zero-order chi connectivity index (χ0) is 17.6. The van der Waals surface area contributed by atoms with Crippen LogP contribution in [0.5, 0.6) is 0 Å². The van der Waals surface area contributed by atoms with E-state index in [1.807, 2.05) is 18.2 Å². The monoisotopic (exact) mass is 355 g/mol. The molecule has 0 aliphatic carbocycles. The number of carbonyl (C=O) groups excluding carboxylic acids is 1. The number of pyridine rings is 1. The van der Waals surface area contributed by atoms with Gasteiger partial charge in [0.2, 0.25) is 0 Å². The summed E-state index contributed by atoms with van der Waals surface area (Å²) in [6, 6.07) is 18.2. The molecule has 1 heterocycles. The highest BCUT2D eigenvalue weighted by atomic mass is 35.5. The standard InChI is InChI=1S/C19H15ClFN3O/c20-16-8-2-1-5-14(16)12-22-19(25)24-18-10-4-9-17(23-18)13-6-3-7-15(21)11-13/h1-11H,12H2,(H2,22,23,24,25). The van der Waals surface area contributed by atoms with Crippen molar-refractivity contribution < 1.29 is 9.18 Å². The Morgan fingerprint density at radius 1 is 1.04 bits per heavy atom. The molecule has 2 N–H and O–H groups in total. The fraction of sp³-hybridized carbons (Fsp3) is 0.0526. The maximum absolute atomic E-state index is 13.3. The van der Waals surface area contributed by atoms with Crippen molar-refractivity contribution in [1.29, 1.82) is 0 Å². The first-order valence-electron chi connectivity index (χ1n) is 7.63. The third-order valence-electron chi connectivity index (χ3n) is 3.51. The van der Waals surface area contributed by atoms with E-state index < -0.39 is 6.03 Å². The number of hydrogen-bond donors (Lipinski definition) is 2. The molecule has 0 atom stereocenters. The van der Waals surface area contributed by atoms with Crippen LogP contribution in [0.25, 0.3) is 11.3 Å². The van der Waals surface area contributed by atoms with E-state index in [-0.39, 0.29) is 5.82 Å². The molecule has 126 valence electrons. The minimum Gasteiger partial charge on any atom is -0.334 e. The third kappa shape index (κ3) is 4.55. The average Bonchev–Trinajstić information content (AvgIpc) is 2.61. The topological polar surface area (TPSA) is 54.0 Å². The SMILES string of the molecule is O=C(NCc1ccccc1Cl)Nc1cccc(-c2cccc(F)c2)n1. The Kier molecular flexibility index (Phi) is 5.26. The number of benzene rings is 2. The van der Waals surface area contributed by atoms with E-state index >= 15 is 0 Å². The van der Waals surface area contributed by atoms with Gasteiger partial charge in [-0.3, -0.25) is 5.32 Å². The normalized spacial score (nSPS) is 10.3. The van der Waals surface area contributed by atoms with Crippen molar-refractivity contribution in [3.05, 3.63) is 83.1 Å². The molecule has 0 saturated heterocycles. The van der Waals surface area contributed by atoms with Crippen LogP contribution >= 0.6 is 11.6 Å². The molecule has 0 bridgehead atoms. The zero-order valence-corrected chi connectivity index (χ0v) is 13.9. The number of rotatable bonds is 4. The van der Waals surface area contributed by atoms with Crippen LogP contribution in [0.2, 0.25) is 5.02 Å². The highest BCUT2D eigenvalue weighted by Crippen LogP contribution is 2.19. The van der Waals surface area contributed by atoms with Crippen LogP contribution < -0.4 is 10.6 Å². The van der Waals surface area contributed by atoms with Crippen molar-refractivity contribution in [1.82, 2.24) is 10.3 Å². The second-order valence-corrected chi connectivity index (χ2v) is 5.72. The van der Waals surface area contributed by atoms with E-state index in [1.165, 1.54) is 12.1 Å². The Bertz CT molecular complexity index is 901. The van der Waals surface area contributed by atoms with Gasteiger partial charge in [0.15, 0.2) is 0 Å². The second kappa shape index (κ2) is 7.77. The van der Waals surface area contributed by atoms with Gasteiger partial charge in [0.05, 0.1) is 5.69 Å². The number of anilines is 1. The summed E-state index contributed by atoms with van der Waals surface area (Å²) < 4.78 is 13.3. The molecule has 0 radical (unpaired) electrons. The van der Waals surface area contributed by atoms with Gasteiger partial charge in [-0.2, -0.15) is 0 Å². The number of hydrogen-bond acceptors (Lipinski definition) is 2. The lowest BCUT2D eigenvalue weighted by Crippen LogP contribution is -2.28. The molecule has 0 fully saturated rings. The van der Waals surface area contributed by atoms with E-state index in [4.69, 9.17) is 11.6 Å². The largest absolute Gasteiger partial charge is 0.334 e. The molecular weight excluding hydrogens is 341 g/mol. The molecule has 4 nitrogen and oxygen atoms in total. The van der Waals surface area contributed by atoms with Gasteiger partial charge >= 0.3 is 6.03 Å². The van der Waals surface area contributed by atoms with Gasteiger partial charge in [-0.25, -0.2) is 14.2 Å². The minimum absolute atomic E-state index is 0.301. The van der Waals surface area contributed by atoms with Gasteiger partial charge in [0, 0.05) is 17.1 Å². The predicted molar refractivity (Wildman–Crippen MR) is 96.9 cm³/mol. The van der Waals surface area contributed by atoms with Gasteiger partial charge in [-0.1, -0.05) is 48.0 Å². The van der Waals surface area contributed by atoms with Crippen molar-refractivity contribution in [2.75, 3.05) is 5.32 Å². The summed E-state index contributed by atoms with van der Waals surface area (Å²) in [6.45, 7) is 0.301. The van der Waals surface area contributed by atoms with Crippen LogP contribution in [0.1, 0.15) is 5.56 Å². The Morgan fingerprint density at radius 2 is 1.84 bits per heavy atom. The van der Waals surface area contributed by atoms with E-state index in [0.717, 1.165) is 5.56 Å². The Hall–Kier alpha value is -2.92. The first kappa shape index (κ1) is 16.9. The van der Waals surface area contributed by atoms with Crippen LogP contribution in [0.3, 0.4) is 0 Å². The summed E-state index contributed by atoms with van der Waals surface area (Å²) in [7, 11) is 0. The van der Waals surface area contributed by atoms with E-state index in [2.05, 4.69) is 15.6 Å². The number of nitrogens with zero attached hydrogens (tertiary/aromatic N) is 1. The molecule has 3 rings (SSSR count). The highest BCUT2D eigenvalue weighted by molar-refractivity contribution is 6.31. The smallest absolute Gasteiger partial charge is 0.320 e. The van der Waals surface area contributed by atoms with Gasteiger partial charge in [-0.05, 0) is 35.9 Å². The van der Waals surface area contributed by atoms with Crippen molar-refractivity contribution in [2.24, 2.45) is 0 Å². The molecular formula is C19H15ClFN3O. The van der Waals surface area contributed by atoms with Crippen LogP contribution in [0.4, 0.5) is 15.0 Å². The Labute approximate surface area is 149 Å². The number of halogens is 2. The van der Waals surface area contributed by atoms with Gasteiger partial charge < -0.3 is 5.32 Å². The summed E-state index contributed by atoms with van der Waals surface area (Å²) in [4.78, 5) is 16.4. The Morgan fingerprint density at radius 3 is 2.64 bits per heavy atom. The molecule has 0 aliphatic heterocycles. The second-order valence-electron chi connectivity index (χ2n) is 5.32. The van der Waals surface area contributed by atoms with E-state index in [1.54, 1.807) is 36.4 Å². The molecule has 25 heavy (non-hydrogen) atoms. The first-order chi connectivity index (χ1) is 12.1. The minimum atomic E-state index is -0.399. The molecule has 0 aliphatic rings. The molecule has 3 aromatic rings. The van der Waals surface area contributed by atoms with Crippen LogP contribution in [-0.2, 0) is 6.54 Å². The lowest BCUT2D eigenvalue weighted by molar-refractivity contribution is 0.251. The number of aromatic nitrogens is 1. The average molecular weight is 356 g/mol. The molecule has 0 unspecified atom stereocenters. The van der Waals surface area contributed by atoms with Gasteiger partial charge in [0.25, 0.3) is 0 Å². The van der Waals surface area contributed by atoms with Gasteiger partial charge in [0.1, 0.15) is 11.6 Å². The highest BCUT2D eigenvalue weighted by Gasteiger charge is 2.07. The Balaban J connectivity index is 1.66. The lowest BCUT2D eigenvalue weighted by atomic mass is 10.1. The van der Waals surface area contributed by atoms with Gasteiger partial charge in [-0.15, -0.1) is 0 Å². The summed E-state index contributed by atoms with van der Waals surface area (Å²) >= 11 is 6.05. The molecule has 6 heteroatoms. The summed E-state index contributed by atoms with van der Waals surface area (Å²) in [5.74, 6) is 0.0357. The lowest BCUT2D eigenvalue weighted by Gasteiger charge is -2.09.